The predicted molar refractivity (Wildman–Crippen MR) is 79.0 cm³/mol. The number of carbonyl (C=O) groups is 2. The smallest absolute Gasteiger partial charge is 0.290 e. The van der Waals surface area contributed by atoms with E-state index >= 15 is 0 Å². The normalized spacial score (nSPS) is 10.4. The molecule has 0 saturated carbocycles. The van der Waals surface area contributed by atoms with E-state index in [9.17, 15) is 13.2 Å². The maximum Gasteiger partial charge on any atom is 0.290 e. The van der Waals surface area contributed by atoms with Crippen LogP contribution in [0.5, 0.6) is 0 Å². The third-order valence-electron chi connectivity index (χ3n) is 2.62. The number of anilines is 1. The highest BCUT2D eigenvalue weighted by Crippen LogP contribution is 2.17. The molecule has 1 heterocycles. The molecule has 0 aliphatic rings. The summed E-state index contributed by atoms with van der Waals surface area (Å²) in [6.45, 7) is 3.73. The van der Waals surface area contributed by atoms with E-state index in [2.05, 4.69) is 15.5 Å². The first-order valence-electron chi connectivity index (χ1n) is 6.40. The number of nitrogens with one attached hydrogen (secondary N) is 2. The molecule has 1 amide bonds. The number of amides is 1. The van der Waals surface area contributed by atoms with Crippen LogP contribution in [0.25, 0.3) is 0 Å². The Labute approximate surface area is 123 Å². The van der Waals surface area contributed by atoms with Gasteiger partial charge in [0.1, 0.15) is 9.84 Å². The Morgan fingerprint density at radius 3 is 2.38 bits per heavy atom. The summed E-state index contributed by atoms with van der Waals surface area (Å²) in [5, 5.41) is 16.4. The fraction of sp³-hybridized carbons (Fsp3) is 0.583. The van der Waals surface area contributed by atoms with Gasteiger partial charge in [0.05, 0.1) is 5.75 Å². The van der Waals surface area contributed by atoms with E-state index in [0.717, 1.165) is 30.4 Å². The van der Waals surface area contributed by atoms with Crippen LogP contribution in [0.2, 0.25) is 0 Å². The average Bonchev–Trinajstić information content (AvgIpc) is 2.78. The van der Waals surface area contributed by atoms with Crippen LogP contribution in [-0.2, 0) is 32.3 Å². The molecule has 0 bridgehead atoms. The molecule has 0 unspecified atom stereocenters. The predicted octanol–water partition coefficient (Wildman–Crippen LogP) is 0.609. The van der Waals surface area contributed by atoms with Crippen molar-refractivity contribution >= 4 is 28.0 Å². The van der Waals surface area contributed by atoms with Crippen molar-refractivity contribution in [2.45, 2.75) is 33.1 Å². The van der Waals surface area contributed by atoms with Crippen molar-refractivity contribution in [2.75, 3.05) is 17.3 Å². The lowest BCUT2D eigenvalue weighted by atomic mass is 10.1. The Kier molecular flexibility index (Phi) is 8.29. The number of hydrogen-bond acceptors (Lipinski definition) is 5. The highest BCUT2D eigenvalue weighted by molar-refractivity contribution is 7.90. The van der Waals surface area contributed by atoms with E-state index in [-0.39, 0.29) is 24.6 Å². The Bertz CT molecular complexity index is 565. The SMILES string of the molecule is CCc1[nH]nc(NC(=O)CCS(C)(=O)=O)c1CC.O=CO. The summed E-state index contributed by atoms with van der Waals surface area (Å²) in [4.78, 5) is 20.0. The monoisotopic (exact) mass is 319 g/mol. The van der Waals surface area contributed by atoms with Crippen LogP contribution < -0.4 is 5.32 Å². The maximum absolute atomic E-state index is 11.6. The van der Waals surface area contributed by atoms with E-state index in [1.807, 2.05) is 13.8 Å². The number of sulfone groups is 1. The van der Waals surface area contributed by atoms with Crippen LogP contribution in [0.1, 0.15) is 31.5 Å². The van der Waals surface area contributed by atoms with E-state index < -0.39 is 9.84 Å². The first kappa shape index (κ1) is 19.1. The topological polar surface area (TPSA) is 129 Å². The van der Waals surface area contributed by atoms with Crippen molar-refractivity contribution in [3.8, 4) is 0 Å². The van der Waals surface area contributed by atoms with Crippen LogP contribution in [0.15, 0.2) is 0 Å². The van der Waals surface area contributed by atoms with Gasteiger partial charge in [-0.1, -0.05) is 13.8 Å². The maximum atomic E-state index is 11.6. The second-order valence-corrected chi connectivity index (χ2v) is 6.53. The minimum Gasteiger partial charge on any atom is -0.483 e. The fourth-order valence-corrected chi connectivity index (χ4v) is 2.21. The third kappa shape index (κ3) is 7.45. The molecule has 1 aromatic heterocycles. The molecule has 0 spiro atoms. The van der Waals surface area contributed by atoms with Gasteiger partial charge >= 0.3 is 0 Å². The first-order valence-corrected chi connectivity index (χ1v) is 8.46. The van der Waals surface area contributed by atoms with Gasteiger partial charge in [-0.2, -0.15) is 5.10 Å². The molecule has 0 atom stereocenters. The second kappa shape index (κ2) is 9.11. The molecule has 0 fully saturated rings. The number of hydrogen-bond donors (Lipinski definition) is 3. The van der Waals surface area contributed by atoms with Crippen molar-refractivity contribution in [1.29, 1.82) is 0 Å². The number of aromatic amines is 1. The molecule has 1 aromatic rings. The van der Waals surface area contributed by atoms with Crippen molar-refractivity contribution in [3.63, 3.8) is 0 Å². The average molecular weight is 319 g/mol. The van der Waals surface area contributed by atoms with E-state index in [1.54, 1.807) is 0 Å². The van der Waals surface area contributed by atoms with E-state index in [1.165, 1.54) is 0 Å². The molecule has 0 radical (unpaired) electrons. The lowest BCUT2D eigenvalue weighted by molar-refractivity contribution is -0.123. The molecule has 0 aliphatic carbocycles. The number of rotatable bonds is 6. The van der Waals surface area contributed by atoms with E-state index in [0.29, 0.717) is 5.82 Å². The summed E-state index contributed by atoms with van der Waals surface area (Å²) < 4.78 is 21.9. The molecule has 120 valence electrons. The molecular formula is C12H21N3O5S. The summed E-state index contributed by atoms with van der Waals surface area (Å²) in [7, 11) is -3.12. The van der Waals surface area contributed by atoms with Crippen LogP contribution in [0.4, 0.5) is 5.82 Å². The summed E-state index contributed by atoms with van der Waals surface area (Å²) in [6, 6.07) is 0. The zero-order chi connectivity index (χ0) is 16.5. The van der Waals surface area contributed by atoms with Gasteiger partial charge in [0.15, 0.2) is 5.82 Å². The van der Waals surface area contributed by atoms with Gasteiger partial charge < -0.3 is 10.4 Å². The Hall–Kier alpha value is -1.90. The molecule has 9 heteroatoms. The van der Waals surface area contributed by atoms with Crippen molar-refractivity contribution in [3.05, 3.63) is 11.3 Å². The molecule has 21 heavy (non-hydrogen) atoms. The number of carbonyl (C=O) groups excluding carboxylic acids is 1. The zero-order valence-electron chi connectivity index (χ0n) is 12.3. The van der Waals surface area contributed by atoms with Crippen LogP contribution >= 0.6 is 0 Å². The third-order valence-corrected chi connectivity index (χ3v) is 3.56. The quantitative estimate of drug-likeness (QED) is 0.659. The van der Waals surface area contributed by atoms with E-state index in [4.69, 9.17) is 9.90 Å². The van der Waals surface area contributed by atoms with Crippen molar-refractivity contribution < 1.29 is 23.1 Å². The zero-order valence-corrected chi connectivity index (χ0v) is 13.2. The fourth-order valence-electron chi connectivity index (χ4n) is 1.65. The standard InChI is InChI=1S/C11H19N3O3S.CH2O2/c1-4-8-9(5-2)13-14-11(8)12-10(15)6-7-18(3,16)17;2-1-3/h4-7H2,1-3H3,(H2,12,13,14,15);1H,(H,2,3). The molecule has 1 rings (SSSR count). The highest BCUT2D eigenvalue weighted by Gasteiger charge is 2.14. The highest BCUT2D eigenvalue weighted by atomic mass is 32.2. The molecule has 0 aliphatic heterocycles. The first-order chi connectivity index (χ1) is 9.78. The minimum absolute atomic E-state index is 0.0453. The summed E-state index contributed by atoms with van der Waals surface area (Å²) in [5.41, 5.74) is 1.97. The Morgan fingerprint density at radius 2 is 1.95 bits per heavy atom. The molecule has 0 aromatic carbocycles. The van der Waals surface area contributed by atoms with Gasteiger partial charge in [-0.25, -0.2) is 8.42 Å². The number of aryl methyl sites for hydroxylation is 1. The van der Waals surface area contributed by atoms with Gasteiger partial charge in [-0.3, -0.25) is 14.7 Å². The van der Waals surface area contributed by atoms with Crippen LogP contribution in [0, 0.1) is 0 Å². The Balaban J connectivity index is 0.00000122. The van der Waals surface area contributed by atoms with Gasteiger partial charge in [-0.15, -0.1) is 0 Å². The Morgan fingerprint density at radius 1 is 1.38 bits per heavy atom. The van der Waals surface area contributed by atoms with Gasteiger partial charge in [0.25, 0.3) is 6.47 Å². The lowest BCUT2D eigenvalue weighted by Crippen LogP contribution is -2.17. The van der Waals surface area contributed by atoms with Crippen molar-refractivity contribution in [1.82, 2.24) is 10.2 Å². The number of aromatic nitrogens is 2. The molecule has 0 saturated heterocycles. The number of carboxylic acid groups (broad SMARTS) is 1. The van der Waals surface area contributed by atoms with Gasteiger partial charge in [-0.05, 0) is 12.8 Å². The number of nitrogens with zero attached hydrogens (tertiary/aromatic N) is 1. The second-order valence-electron chi connectivity index (χ2n) is 4.27. The molecule has 8 nitrogen and oxygen atoms in total. The van der Waals surface area contributed by atoms with Gasteiger partial charge in [0.2, 0.25) is 5.91 Å². The van der Waals surface area contributed by atoms with Gasteiger partial charge in [0, 0.05) is 23.9 Å². The molecular weight excluding hydrogens is 298 g/mol. The van der Waals surface area contributed by atoms with Crippen molar-refractivity contribution in [2.24, 2.45) is 0 Å². The summed E-state index contributed by atoms with van der Waals surface area (Å²) in [6.07, 6.45) is 2.65. The largest absolute Gasteiger partial charge is 0.483 e. The summed E-state index contributed by atoms with van der Waals surface area (Å²) >= 11 is 0. The van der Waals surface area contributed by atoms with Crippen LogP contribution in [0.3, 0.4) is 0 Å². The molecule has 3 N–H and O–H groups in total. The summed E-state index contributed by atoms with van der Waals surface area (Å²) in [5.74, 6) is 0.0304. The minimum atomic E-state index is -3.12. The number of H-pyrrole nitrogens is 1. The lowest BCUT2D eigenvalue weighted by Gasteiger charge is -2.04. The van der Waals surface area contributed by atoms with Crippen LogP contribution in [-0.4, -0.2) is 48.1 Å².